The van der Waals surface area contributed by atoms with Gasteiger partial charge in [-0.05, 0) is 62.2 Å². The van der Waals surface area contributed by atoms with Crippen LogP contribution < -0.4 is 10.6 Å². The lowest BCUT2D eigenvalue weighted by Crippen LogP contribution is -2.23. The molecule has 5 nitrogen and oxygen atoms in total. The second-order valence-electron chi connectivity index (χ2n) is 8.69. The van der Waals surface area contributed by atoms with Gasteiger partial charge in [-0.15, -0.1) is 0 Å². The third-order valence-corrected chi connectivity index (χ3v) is 5.87. The van der Waals surface area contributed by atoms with Gasteiger partial charge in [0.15, 0.2) is 0 Å². The first-order chi connectivity index (χ1) is 16.2. The Morgan fingerprint density at radius 2 is 2.00 bits per heavy atom. The van der Waals surface area contributed by atoms with Crippen LogP contribution in [0.1, 0.15) is 43.5 Å². The van der Waals surface area contributed by atoms with Gasteiger partial charge in [0.25, 0.3) is 0 Å². The van der Waals surface area contributed by atoms with Crippen molar-refractivity contribution < 1.29 is 13.6 Å². The van der Waals surface area contributed by atoms with Crippen LogP contribution >= 0.6 is 0 Å². The van der Waals surface area contributed by atoms with Crippen molar-refractivity contribution >= 4 is 17.8 Å². The highest BCUT2D eigenvalue weighted by atomic mass is 19.1. The number of carbonyl (C=O) groups excluding carboxylic acids is 1. The Hall–Kier alpha value is -3.48. The fourth-order valence-corrected chi connectivity index (χ4v) is 3.78. The van der Waals surface area contributed by atoms with Crippen LogP contribution in [0.3, 0.4) is 0 Å². The average Bonchev–Trinajstić information content (AvgIpc) is 2.79. The van der Waals surface area contributed by atoms with Crippen LogP contribution in [0.4, 0.5) is 14.5 Å². The Morgan fingerprint density at radius 3 is 2.71 bits per heavy atom. The molecule has 2 atom stereocenters. The van der Waals surface area contributed by atoms with Gasteiger partial charge in [-0.1, -0.05) is 19.1 Å². The van der Waals surface area contributed by atoms with Crippen LogP contribution in [-0.4, -0.2) is 30.6 Å². The van der Waals surface area contributed by atoms with Crippen LogP contribution in [0.2, 0.25) is 0 Å². The molecule has 0 bridgehead atoms. The molecule has 0 aliphatic carbocycles. The number of benzene rings is 2. The Balaban J connectivity index is 1.68. The second kappa shape index (κ2) is 11.1. The molecule has 2 aromatic rings. The van der Waals surface area contributed by atoms with Crippen molar-refractivity contribution in [3.05, 3.63) is 88.4 Å². The number of anilines is 1. The first-order valence-electron chi connectivity index (χ1n) is 11.4. The topological polar surface area (TPSA) is 56.7 Å². The molecule has 2 N–H and O–H groups in total. The predicted octanol–water partition coefficient (Wildman–Crippen LogP) is 5.50. The van der Waals surface area contributed by atoms with Crippen molar-refractivity contribution in [2.45, 2.75) is 40.2 Å². The summed E-state index contributed by atoms with van der Waals surface area (Å²) >= 11 is 0. The van der Waals surface area contributed by atoms with Crippen molar-refractivity contribution in [1.29, 1.82) is 0 Å². The Morgan fingerprint density at radius 1 is 1.24 bits per heavy atom. The van der Waals surface area contributed by atoms with Crippen molar-refractivity contribution in [3.8, 4) is 0 Å². The third kappa shape index (κ3) is 6.53. The maximum absolute atomic E-state index is 13.9. The number of amides is 1. The van der Waals surface area contributed by atoms with Gasteiger partial charge in [-0.25, -0.2) is 8.78 Å². The maximum atomic E-state index is 13.9. The minimum Gasteiger partial charge on any atom is -0.379 e. The number of aryl methyl sites for hydroxylation is 1. The van der Waals surface area contributed by atoms with Gasteiger partial charge in [-0.3, -0.25) is 9.79 Å². The van der Waals surface area contributed by atoms with E-state index in [2.05, 4.69) is 46.6 Å². The van der Waals surface area contributed by atoms with Gasteiger partial charge >= 0.3 is 0 Å². The molecule has 180 valence electrons. The lowest BCUT2D eigenvalue weighted by molar-refractivity contribution is -0.115. The second-order valence-corrected chi connectivity index (χ2v) is 8.69. The number of hydrogen-bond donors (Lipinski definition) is 2. The molecule has 0 aromatic heterocycles. The van der Waals surface area contributed by atoms with E-state index in [0.717, 1.165) is 47.3 Å². The fourth-order valence-electron chi connectivity index (χ4n) is 3.78. The lowest BCUT2D eigenvalue weighted by atomic mass is 10.00. The Labute approximate surface area is 200 Å². The number of allylic oxidation sites excluding steroid dienone is 2. The van der Waals surface area contributed by atoms with E-state index >= 15 is 0 Å². The van der Waals surface area contributed by atoms with E-state index in [1.54, 1.807) is 6.07 Å². The van der Waals surface area contributed by atoms with Gasteiger partial charge in [0.05, 0.1) is 18.3 Å². The first-order valence-corrected chi connectivity index (χ1v) is 11.4. The van der Waals surface area contributed by atoms with E-state index < -0.39 is 17.5 Å². The first kappa shape index (κ1) is 25.1. The summed E-state index contributed by atoms with van der Waals surface area (Å²) in [5, 5.41) is 6.29. The summed E-state index contributed by atoms with van der Waals surface area (Å²) in [6.45, 7) is 9.18. The molecule has 1 heterocycles. The summed E-state index contributed by atoms with van der Waals surface area (Å²) in [5.41, 5.74) is 4.66. The molecule has 1 aliphatic heterocycles. The van der Waals surface area contributed by atoms with Crippen molar-refractivity contribution in [2.24, 2.45) is 10.9 Å². The largest absolute Gasteiger partial charge is 0.379 e. The van der Waals surface area contributed by atoms with E-state index in [1.807, 2.05) is 39.2 Å². The number of nitrogens with one attached hydrogen (secondary N) is 2. The third-order valence-electron chi connectivity index (χ3n) is 5.87. The maximum Gasteiger partial charge on any atom is 0.228 e. The zero-order chi connectivity index (χ0) is 24.8. The van der Waals surface area contributed by atoms with Crippen molar-refractivity contribution in [3.63, 3.8) is 0 Å². The van der Waals surface area contributed by atoms with E-state index in [0.29, 0.717) is 5.69 Å². The summed E-state index contributed by atoms with van der Waals surface area (Å²) in [5.74, 6) is -1.40. The summed E-state index contributed by atoms with van der Waals surface area (Å²) in [4.78, 5) is 19.2. The number of carbonyl (C=O) groups is 1. The molecule has 3 rings (SSSR count). The van der Waals surface area contributed by atoms with E-state index in [-0.39, 0.29) is 23.9 Å². The van der Waals surface area contributed by atoms with E-state index in [4.69, 9.17) is 0 Å². The monoisotopic (exact) mass is 466 g/mol. The highest BCUT2D eigenvalue weighted by Gasteiger charge is 2.16. The minimum absolute atomic E-state index is 0.0241. The fraction of sp³-hybridized carbons (Fsp3) is 0.333. The molecule has 1 amide bonds. The molecule has 7 heteroatoms. The number of dihydropyridines is 1. The number of hydrogen-bond acceptors (Lipinski definition) is 4. The average molecular weight is 467 g/mol. The zero-order valence-corrected chi connectivity index (χ0v) is 20.3. The minimum atomic E-state index is -0.602. The summed E-state index contributed by atoms with van der Waals surface area (Å²) in [7, 11) is 2.03. The van der Waals surface area contributed by atoms with Gasteiger partial charge in [0.1, 0.15) is 11.6 Å². The molecular weight excluding hydrogens is 434 g/mol. The Kier molecular flexibility index (Phi) is 8.21. The smallest absolute Gasteiger partial charge is 0.228 e. The highest BCUT2D eigenvalue weighted by Crippen LogP contribution is 2.25. The number of halogens is 2. The highest BCUT2D eigenvalue weighted by molar-refractivity contribution is 5.92. The van der Waals surface area contributed by atoms with Crippen molar-refractivity contribution in [2.75, 3.05) is 18.9 Å². The zero-order valence-electron chi connectivity index (χ0n) is 20.3. The van der Waals surface area contributed by atoms with Crippen LogP contribution in [0.5, 0.6) is 0 Å². The van der Waals surface area contributed by atoms with Crippen molar-refractivity contribution in [1.82, 2.24) is 10.2 Å². The molecule has 0 radical (unpaired) electrons. The van der Waals surface area contributed by atoms with Crippen LogP contribution in [0.25, 0.3) is 0 Å². The van der Waals surface area contributed by atoms with Gasteiger partial charge in [0, 0.05) is 48.7 Å². The van der Waals surface area contributed by atoms with Crippen LogP contribution in [-0.2, 0) is 11.2 Å². The molecule has 0 saturated heterocycles. The number of nitrogens with zero attached hydrogens (tertiary/aromatic N) is 2. The lowest BCUT2D eigenvalue weighted by Gasteiger charge is -2.23. The van der Waals surface area contributed by atoms with Gasteiger partial charge < -0.3 is 15.5 Å². The van der Waals surface area contributed by atoms with Crippen LogP contribution in [0.15, 0.2) is 65.1 Å². The molecule has 0 saturated carbocycles. The summed E-state index contributed by atoms with van der Waals surface area (Å²) in [6.07, 6.45) is 5.79. The standard InChI is InChI=1S/C27H32F2N4O/c1-6-33(5)16-26-18(3)11-23(15-30-26)31-19(4)24-14-22(9-7-17(24)2)32-27(34)13-20-12-21(28)8-10-25(20)29/h7-12,14-16,18-19,31H,6,13H2,1-5H3,(H,32,34)/b26-16+/t18?,19-/m0/s1. The van der Waals surface area contributed by atoms with Gasteiger partial charge in [0.2, 0.25) is 5.91 Å². The van der Waals surface area contributed by atoms with Gasteiger partial charge in [-0.2, -0.15) is 0 Å². The molecule has 0 spiro atoms. The predicted molar refractivity (Wildman–Crippen MR) is 134 cm³/mol. The molecule has 34 heavy (non-hydrogen) atoms. The number of aliphatic imine (C=N–C) groups is 1. The Bertz CT molecular complexity index is 1140. The van der Waals surface area contributed by atoms with Crippen LogP contribution in [0, 0.1) is 24.5 Å². The summed E-state index contributed by atoms with van der Waals surface area (Å²) in [6, 6.07) is 8.70. The van der Waals surface area contributed by atoms with E-state index in [1.165, 1.54) is 0 Å². The normalized spacial score (nSPS) is 17.3. The molecule has 1 aliphatic rings. The van der Waals surface area contributed by atoms with E-state index in [9.17, 15) is 13.6 Å². The quantitative estimate of drug-likeness (QED) is 0.540. The number of rotatable bonds is 8. The molecule has 1 unspecified atom stereocenters. The molecular formula is C27H32F2N4O. The molecule has 2 aromatic carbocycles. The summed E-state index contributed by atoms with van der Waals surface area (Å²) < 4.78 is 27.3. The SMILES string of the molecule is CCN(C)/C=C1/N=CC(N[C@@H](C)c2cc(NC(=O)Cc3cc(F)ccc3F)ccc2C)=CC1C. The molecule has 0 fully saturated rings.